The third-order valence-electron chi connectivity index (χ3n) is 2.82. The summed E-state index contributed by atoms with van der Waals surface area (Å²) in [5.74, 6) is 5.68. The minimum Gasteiger partial charge on any atom is -0.271 e. The van der Waals surface area contributed by atoms with E-state index in [0.717, 1.165) is 22.5 Å². The van der Waals surface area contributed by atoms with Crippen LogP contribution in [0.15, 0.2) is 36.4 Å². The van der Waals surface area contributed by atoms with Crippen LogP contribution in [0.3, 0.4) is 0 Å². The van der Waals surface area contributed by atoms with Gasteiger partial charge < -0.3 is 0 Å². The molecule has 1 aromatic heterocycles. The molecular formula is C14H16ClN3. The van der Waals surface area contributed by atoms with Crippen LogP contribution in [0.5, 0.6) is 0 Å². The van der Waals surface area contributed by atoms with Crippen molar-refractivity contribution in [1.29, 1.82) is 0 Å². The maximum Gasteiger partial charge on any atom is 0.0725 e. The van der Waals surface area contributed by atoms with Crippen LogP contribution in [-0.2, 0) is 0 Å². The number of hydrazine groups is 1. The maximum atomic E-state index is 6.22. The molecule has 0 aliphatic rings. The van der Waals surface area contributed by atoms with Crippen LogP contribution in [-0.4, -0.2) is 4.98 Å². The van der Waals surface area contributed by atoms with Gasteiger partial charge in [-0.15, -0.1) is 0 Å². The summed E-state index contributed by atoms with van der Waals surface area (Å²) in [6.07, 6.45) is 0. The fraction of sp³-hybridized carbons (Fsp3) is 0.214. The quantitative estimate of drug-likeness (QED) is 0.660. The van der Waals surface area contributed by atoms with Crippen LogP contribution in [0, 0.1) is 13.8 Å². The summed E-state index contributed by atoms with van der Waals surface area (Å²) < 4.78 is 0. The van der Waals surface area contributed by atoms with E-state index < -0.39 is 0 Å². The van der Waals surface area contributed by atoms with Crippen LogP contribution in [0.4, 0.5) is 0 Å². The van der Waals surface area contributed by atoms with Crippen molar-refractivity contribution in [3.8, 4) is 0 Å². The molecule has 4 heteroatoms. The van der Waals surface area contributed by atoms with E-state index in [0.29, 0.717) is 5.02 Å². The van der Waals surface area contributed by atoms with Gasteiger partial charge in [-0.2, -0.15) is 0 Å². The Morgan fingerprint density at radius 1 is 1.17 bits per heavy atom. The van der Waals surface area contributed by atoms with Crippen LogP contribution < -0.4 is 11.3 Å². The zero-order chi connectivity index (χ0) is 13.1. The maximum absolute atomic E-state index is 6.22. The van der Waals surface area contributed by atoms with Gasteiger partial charge in [0, 0.05) is 16.4 Å². The topological polar surface area (TPSA) is 50.9 Å². The highest BCUT2D eigenvalue weighted by Gasteiger charge is 2.15. The molecule has 0 amide bonds. The van der Waals surface area contributed by atoms with Crippen molar-refractivity contribution in [2.45, 2.75) is 19.9 Å². The molecule has 2 rings (SSSR count). The van der Waals surface area contributed by atoms with E-state index in [1.165, 1.54) is 0 Å². The Morgan fingerprint density at radius 2 is 1.78 bits per heavy atom. The summed E-state index contributed by atoms with van der Waals surface area (Å²) in [6.45, 7) is 3.94. The molecule has 0 spiro atoms. The lowest BCUT2D eigenvalue weighted by molar-refractivity contribution is 0.635. The van der Waals surface area contributed by atoms with Gasteiger partial charge in [0.15, 0.2) is 0 Å². The molecule has 1 aromatic carbocycles. The van der Waals surface area contributed by atoms with Gasteiger partial charge in [0.1, 0.15) is 0 Å². The first-order valence-corrected chi connectivity index (χ1v) is 6.15. The number of halogens is 1. The molecule has 1 unspecified atom stereocenters. The van der Waals surface area contributed by atoms with Crippen LogP contribution in [0.1, 0.15) is 28.6 Å². The van der Waals surface area contributed by atoms with E-state index in [1.54, 1.807) is 0 Å². The van der Waals surface area contributed by atoms with Gasteiger partial charge in [-0.05, 0) is 43.2 Å². The number of benzene rings is 1. The molecule has 3 N–H and O–H groups in total. The first kappa shape index (κ1) is 13.0. The Hall–Kier alpha value is -1.42. The monoisotopic (exact) mass is 261 g/mol. The van der Waals surface area contributed by atoms with Crippen molar-refractivity contribution in [2.75, 3.05) is 0 Å². The molecule has 0 bridgehead atoms. The van der Waals surface area contributed by atoms with Crippen molar-refractivity contribution in [3.63, 3.8) is 0 Å². The van der Waals surface area contributed by atoms with Crippen molar-refractivity contribution in [1.82, 2.24) is 10.4 Å². The SMILES string of the molecule is Cc1cc(C(NN)c2ccccc2Cl)cc(C)n1. The summed E-state index contributed by atoms with van der Waals surface area (Å²) in [5, 5.41) is 0.701. The molecule has 1 atom stereocenters. The fourth-order valence-electron chi connectivity index (χ4n) is 2.11. The number of pyridine rings is 1. The second-order valence-electron chi connectivity index (χ2n) is 4.30. The van der Waals surface area contributed by atoms with Crippen molar-refractivity contribution in [3.05, 3.63) is 63.9 Å². The number of nitrogens with one attached hydrogen (secondary N) is 1. The van der Waals surface area contributed by atoms with Crippen LogP contribution >= 0.6 is 11.6 Å². The number of aromatic nitrogens is 1. The summed E-state index contributed by atoms with van der Waals surface area (Å²) >= 11 is 6.22. The zero-order valence-electron chi connectivity index (χ0n) is 10.4. The fourth-order valence-corrected chi connectivity index (χ4v) is 2.35. The molecule has 2 aromatic rings. The molecule has 0 radical (unpaired) electrons. The van der Waals surface area contributed by atoms with Crippen LogP contribution in [0.2, 0.25) is 5.02 Å². The Bertz CT molecular complexity index is 534. The van der Waals surface area contributed by atoms with E-state index in [-0.39, 0.29) is 6.04 Å². The van der Waals surface area contributed by atoms with Crippen molar-refractivity contribution < 1.29 is 0 Å². The number of nitrogens with two attached hydrogens (primary N) is 1. The van der Waals surface area contributed by atoms with Gasteiger partial charge in [0.2, 0.25) is 0 Å². The molecule has 0 saturated carbocycles. The molecule has 18 heavy (non-hydrogen) atoms. The summed E-state index contributed by atoms with van der Waals surface area (Å²) in [4.78, 5) is 4.37. The number of nitrogens with zero attached hydrogens (tertiary/aromatic N) is 1. The first-order chi connectivity index (χ1) is 8.61. The third kappa shape index (κ3) is 2.70. The van der Waals surface area contributed by atoms with E-state index >= 15 is 0 Å². The highest BCUT2D eigenvalue weighted by atomic mass is 35.5. The average molecular weight is 262 g/mol. The van der Waals surface area contributed by atoms with Gasteiger partial charge in [-0.1, -0.05) is 29.8 Å². The first-order valence-electron chi connectivity index (χ1n) is 5.77. The predicted molar refractivity (Wildman–Crippen MR) is 74.3 cm³/mol. The average Bonchev–Trinajstić information content (AvgIpc) is 2.31. The molecule has 0 aliphatic carbocycles. The highest BCUT2D eigenvalue weighted by molar-refractivity contribution is 6.31. The minimum absolute atomic E-state index is 0.126. The molecule has 0 aliphatic heterocycles. The molecular weight excluding hydrogens is 246 g/mol. The third-order valence-corrected chi connectivity index (χ3v) is 3.16. The Morgan fingerprint density at radius 3 is 2.33 bits per heavy atom. The van der Waals surface area contributed by atoms with Crippen LogP contribution in [0.25, 0.3) is 0 Å². The normalized spacial score (nSPS) is 12.4. The second kappa shape index (κ2) is 5.48. The van der Waals surface area contributed by atoms with Crippen molar-refractivity contribution >= 4 is 11.6 Å². The number of hydrogen-bond donors (Lipinski definition) is 2. The zero-order valence-corrected chi connectivity index (χ0v) is 11.2. The molecule has 94 valence electrons. The van der Waals surface area contributed by atoms with Gasteiger partial charge in [0.25, 0.3) is 0 Å². The summed E-state index contributed by atoms with van der Waals surface area (Å²) in [6, 6.07) is 11.6. The number of aryl methyl sites for hydroxylation is 2. The smallest absolute Gasteiger partial charge is 0.0725 e. The number of hydrogen-bond acceptors (Lipinski definition) is 3. The molecule has 0 fully saturated rings. The standard InChI is InChI=1S/C14H16ClN3/c1-9-7-11(8-10(2)17-9)14(18-16)12-5-3-4-6-13(12)15/h3-8,14,18H,16H2,1-2H3. The highest BCUT2D eigenvalue weighted by Crippen LogP contribution is 2.28. The lowest BCUT2D eigenvalue weighted by atomic mass is 9.99. The Labute approximate surface area is 112 Å². The van der Waals surface area contributed by atoms with Gasteiger partial charge in [0.05, 0.1) is 6.04 Å². The number of rotatable bonds is 3. The van der Waals surface area contributed by atoms with E-state index in [4.69, 9.17) is 17.4 Å². The summed E-state index contributed by atoms with van der Waals surface area (Å²) in [5.41, 5.74) is 6.79. The Kier molecular flexibility index (Phi) is 3.97. The summed E-state index contributed by atoms with van der Waals surface area (Å²) in [7, 11) is 0. The second-order valence-corrected chi connectivity index (χ2v) is 4.71. The van der Waals surface area contributed by atoms with E-state index in [9.17, 15) is 0 Å². The molecule has 3 nitrogen and oxygen atoms in total. The van der Waals surface area contributed by atoms with Gasteiger partial charge in [-0.3, -0.25) is 10.8 Å². The van der Waals surface area contributed by atoms with E-state index in [2.05, 4.69) is 10.4 Å². The van der Waals surface area contributed by atoms with Gasteiger partial charge in [-0.25, -0.2) is 5.43 Å². The molecule has 0 saturated heterocycles. The Balaban J connectivity index is 2.48. The minimum atomic E-state index is -0.126. The lowest BCUT2D eigenvalue weighted by Gasteiger charge is -2.19. The lowest BCUT2D eigenvalue weighted by Crippen LogP contribution is -2.29. The van der Waals surface area contributed by atoms with E-state index in [1.807, 2.05) is 50.2 Å². The largest absolute Gasteiger partial charge is 0.271 e. The van der Waals surface area contributed by atoms with Crippen molar-refractivity contribution in [2.24, 2.45) is 5.84 Å². The van der Waals surface area contributed by atoms with Gasteiger partial charge >= 0.3 is 0 Å². The predicted octanol–water partition coefficient (Wildman–Crippen LogP) is 2.90. The molecule has 1 heterocycles.